The molecule has 0 radical (unpaired) electrons. The summed E-state index contributed by atoms with van der Waals surface area (Å²) in [5.41, 5.74) is 7.76. The minimum absolute atomic E-state index is 0.103. The summed E-state index contributed by atoms with van der Waals surface area (Å²) in [6.07, 6.45) is 4.02. The van der Waals surface area contributed by atoms with Gasteiger partial charge in [0.05, 0.1) is 5.69 Å². The number of aryl methyl sites for hydroxylation is 3. The molecule has 0 unspecified atom stereocenters. The first-order valence-electron chi connectivity index (χ1n) is 8.94. The highest BCUT2D eigenvalue weighted by Gasteiger charge is 2.09. The lowest BCUT2D eigenvalue weighted by atomic mass is 10.1. The Morgan fingerprint density at radius 3 is 2.44 bits per heavy atom. The second-order valence-corrected chi connectivity index (χ2v) is 6.93. The smallest absolute Gasteiger partial charge is 0.255 e. The molecule has 4 rings (SSSR count). The molecule has 0 atom stereocenters. The van der Waals surface area contributed by atoms with E-state index < -0.39 is 0 Å². The van der Waals surface area contributed by atoms with Gasteiger partial charge in [-0.25, -0.2) is 4.98 Å². The van der Waals surface area contributed by atoms with Gasteiger partial charge >= 0.3 is 0 Å². The van der Waals surface area contributed by atoms with Crippen LogP contribution in [0.4, 0.5) is 5.69 Å². The summed E-state index contributed by atoms with van der Waals surface area (Å²) in [5.74, 6) is -0.103. The van der Waals surface area contributed by atoms with Crippen LogP contribution in [0.15, 0.2) is 67.0 Å². The Hall–Kier alpha value is -3.40. The van der Waals surface area contributed by atoms with Crippen LogP contribution in [0.25, 0.3) is 16.9 Å². The lowest BCUT2D eigenvalue weighted by Crippen LogP contribution is -2.12. The van der Waals surface area contributed by atoms with Crippen molar-refractivity contribution in [1.29, 1.82) is 0 Å². The highest BCUT2D eigenvalue weighted by Crippen LogP contribution is 2.22. The van der Waals surface area contributed by atoms with Crippen molar-refractivity contribution in [3.63, 3.8) is 0 Å². The van der Waals surface area contributed by atoms with Gasteiger partial charge < -0.3 is 9.72 Å². The molecule has 1 N–H and O–H groups in total. The summed E-state index contributed by atoms with van der Waals surface area (Å²) < 4.78 is 2.01. The van der Waals surface area contributed by atoms with Gasteiger partial charge in [-0.1, -0.05) is 18.2 Å². The number of hydrogen-bond donors (Lipinski definition) is 1. The molecular weight excluding hydrogens is 334 g/mol. The second-order valence-electron chi connectivity index (χ2n) is 6.93. The standard InChI is InChI=1S/C23H21N3O/c1-15-10-11-26-14-21(25-22(26)12-15)18-6-8-20(9-7-18)24-23(27)19-5-4-16(2)17(3)13-19/h4-14H,1-3H3,(H,24,27). The number of rotatable bonds is 3. The fraction of sp³-hybridized carbons (Fsp3) is 0.130. The lowest BCUT2D eigenvalue weighted by Gasteiger charge is -2.08. The molecule has 27 heavy (non-hydrogen) atoms. The third-order valence-electron chi connectivity index (χ3n) is 4.82. The van der Waals surface area contributed by atoms with Crippen LogP contribution >= 0.6 is 0 Å². The quantitative estimate of drug-likeness (QED) is 0.550. The Kier molecular flexibility index (Phi) is 4.24. The first-order chi connectivity index (χ1) is 13.0. The summed E-state index contributed by atoms with van der Waals surface area (Å²) in [4.78, 5) is 17.1. The average Bonchev–Trinajstić information content (AvgIpc) is 3.07. The van der Waals surface area contributed by atoms with Crippen molar-refractivity contribution >= 4 is 17.2 Å². The van der Waals surface area contributed by atoms with E-state index in [1.165, 1.54) is 11.1 Å². The molecule has 0 aliphatic rings. The average molecular weight is 355 g/mol. The maximum Gasteiger partial charge on any atom is 0.255 e. The SMILES string of the molecule is Cc1ccn2cc(-c3ccc(NC(=O)c4ccc(C)c(C)c4)cc3)nc2c1. The molecule has 4 nitrogen and oxygen atoms in total. The summed E-state index contributed by atoms with van der Waals surface area (Å²) in [5, 5.41) is 2.95. The molecule has 2 aromatic carbocycles. The van der Waals surface area contributed by atoms with E-state index in [1.807, 2.05) is 73.1 Å². The summed E-state index contributed by atoms with van der Waals surface area (Å²) in [6.45, 7) is 6.11. The number of anilines is 1. The van der Waals surface area contributed by atoms with Crippen molar-refractivity contribution in [1.82, 2.24) is 9.38 Å². The van der Waals surface area contributed by atoms with Crippen molar-refractivity contribution in [3.05, 3.63) is 89.2 Å². The number of imidazole rings is 1. The van der Waals surface area contributed by atoms with E-state index in [0.29, 0.717) is 5.56 Å². The number of carbonyl (C=O) groups is 1. The summed E-state index contributed by atoms with van der Waals surface area (Å²) >= 11 is 0. The molecule has 0 aliphatic carbocycles. The predicted molar refractivity (Wildman–Crippen MR) is 109 cm³/mol. The van der Waals surface area contributed by atoms with Crippen molar-refractivity contribution in [2.75, 3.05) is 5.32 Å². The van der Waals surface area contributed by atoms with E-state index in [4.69, 9.17) is 0 Å². The third-order valence-corrected chi connectivity index (χ3v) is 4.82. The van der Waals surface area contributed by atoms with Crippen molar-refractivity contribution in [3.8, 4) is 11.3 Å². The van der Waals surface area contributed by atoms with Gasteiger partial charge in [0.2, 0.25) is 0 Å². The number of benzene rings is 2. The fourth-order valence-electron chi connectivity index (χ4n) is 3.03. The van der Waals surface area contributed by atoms with E-state index in [2.05, 4.69) is 29.4 Å². The normalized spacial score (nSPS) is 10.9. The van der Waals surface area contributed by atoms with Crippen LogP contribution in [0.2, 0.25) is 0 Å². The zero-order valence-corrected chi connectivity index (χ0v) is 15.7. The van der Waals surface area contributed by atoms with E-state index in [9.17, 15) is 4.79 Å². The van der Waals surface area contributed by atoms with Crippen LogP contribution in [0, 0.1) is 20.8 Å². The van der Waals surface area contributed by atoms with Gasteiger partial charge in [0, 0.05) is 29.2 Å². The van der Waals surface area contributed by atoms with Gasteiger partial charge in [-0.15, -0.1) is 0 Å². The number of nitrogens with zero attached hydrogens (tertiary/aromatic N) is 2. The Morgan fingerprint density at radius 1 is 0.926 bits per heavy atom. The number of hydrogen-bond acceptors (Lipinski definition) is 2. The first-order valence-corrected chi connectivity index (χ1v) is 8.94. The molecule has 2 heterocycles. The van der Waals surface area contributed by atoms with E-state index in [0.717, 1.165) is 28.2 Å². The first kappa shape index (κ1) is 17.0. The van der Waals surface area contributed by atoms with Gasteiger partial charge in [0.1, 0.15) is 5.65 Å². The lowest BCUT2D eigenvalue weighted by molar-refractivity contribution is 0.102. The zero-order chi connectivity index (χ0) is 19.0. The minimum Gasteiger partial charge on any atom is -0.322 e. The van der Waals surface area contributed by atoms with Gasteiger partial charge in [0.25, 0.3) is 5.91 Å². The van der Waals surface area contributed by atoms with Crippen molar-refractivity contribution in [2.45, 2.75) is 20.8 Å². The summed E-state index contributed by atoms with van der Waals surface area (Å²) in [7, 11) is 0. The molecule has 0 aliphatic heterocycles. The number of aromatic nitrogens is 2. The largest absolute Gasteiger partial charge is 0.322 e. The molecule has 0 spiro atoms. The minimum atomic E-state index is -0.103. The maximum absolute atomic E-state index is 12.5. The van der Waals surface area contributed by atoms with Gasteiger partial charge in [-0.3, -0.25) is 4.79 Å². The van der Waals surface area contributed by atoms with E-state index >= 15 is 0 Å². The van der Waals surface area contributed by atoms with Crippen molar-refractivity contribution in [2.24, 2.45) is 0 Å². The number of fused-ring (bicyclic) bond motifs is 1. The van der Waals surface area contributed by atoms with Crippen LogP contribution < -0.4 is 5.32 Å². The highest BCUT2D eigenvalue weighted by atomic mass is 16.1. The predicted octanol–water partition coefficient (Wildman–Crippen LogP) is 5.18. The van der Waals surface area contributed by atoms with Crippen LogP contribution in [-0.2, 0) is 0 Å². The molecule has 134 valence electrons. The summed E-state index contributed by atoms with van der Waals surface area (Å²) in [6, 6.07) is 17.6. The van der Waals surface area contributed by atoms with E-state index in [-0.39, 0.29) is 5.91 Å². The Bertz CT molecular complexity index is 1140. The monoisotopic (exact) mass is 355 g/mol. The molecule has 0 saturated heterocycles. The molecule has 0 bridgehead atoms. The molecule has 1 amide bonds. The second kappa shape index (κ2) is 6.72. The Balaban J connectivity index is 1.54. The molecular formula is C23H21N3O. The van der Waals surface area contributed by atoms with Crippen LogP contribution in [0.1, 0.15) is 27.0 Å². The number of nitrogens with one attached hydrogen (secondary N) is 1. The van der Waals surface area contributed by atoms with Crippen LogP contribution in [0.5, 0.6) is 0 Å². The Labute approximate surface area is 158 Å². The number of pyridine rings is 1. The molecule has 0 fully saturated rings. The number of carbonyl (C=O) groups excluding carboxylic acids is 1. The maximum atomic E-state index is 12.5. The molecule has 4 aromatic rings. The van der Waals surface area contributed by atoms with Gasteiger partial charge in [0.15, 0.2) is 0 Å². The van der Waals surface area contributed by atoms with E-state index in [1.54, 1.807) is 0 Å². The topological polar surface area (TPSA) is 46.4 Å². The van der Waals surface area contributed by atoms with Gasteiger partial charge in [-0.2, -0.15) is 0 Å². The van der Waals surface area contributed by atoms with Crippen LogP contribution in [-0.4, -0.2) is 15.3 Å². The zero-order valence-electron chi connectivity index (χ0n) is 15.7. The molecule has 0 saturated carbocycles. The Morgan fingerprint density at radius 2 is 1.70 bits per heavy atom. The fourth-order valence-corrected chi connectivity index (χ4v) is 3.03. The molecule has 2 aromatic heterocycles. The number of amides is 1. The van der Waals surface area contributed by atoms with Crippen LogP contribution in [0.3, 0.4) is 0 Å². The van der Waals surface area contributed by atoms with Crippen molar-refractivity contribution < 1.29 is 4.79 Å². The third kappa shape index (κ3) is 3.47. The molecule has 4 heteroatoms. The van der Waals surface area contributed by atoms with Gasteiger partial charge in [-0.05, 0) is 73.9 Å². The highest BCUT2D eigenvalue weighted by molar-refractivity contribution is 6.04.